The van der Waals surface area contributed by atoms with Crippen LogP contribution in [0, 0.1) is 0 Å². The van der Waals surface area contributed by atoms with Gasteiger partial charge in [0.2, 0.25) is 0 Å². The second-order valence-corrected chi connectivity index (χ2v) is 4.32. The van der Waals surface area contributed by atoms with Crippen molar-refractivity contribution in [1.82, 2.24) is 9.97 Å². The van der Waals surface area contributed by atoms with Gasteiger partial charge in [-0.15, -0.1) is 12.4 Å². The molecule has 0 saturated heterocycles. The minimum atomic E-state index is 0. The van der Waals surface area contributed by atoms with Crippen molar-refractivity contribution in [1.29, 1.82) is 0 Å². The highest BCUT2D eigenvalue weighted by Crippen LogP contribution is 2.19. The normalized spacial score (nSPS) is 9.76. The molecule has 0 fully saturated rings. The van der Waals surface area contributed by atoms with E-state index >= 15 is 0 Å². The first kappa shape index (κ1) is 14.1. The monoisotopic (exact) mass is 313 g/mol. The third kappa shape index (κ3) is 3.77. The molecule has 0 amide bonds. The van der Waals surface area contributed by atoms with Gasteiger partial charge in [0, 0.05) is 22.7 Å². The summed E-state index contributed by atoms with van der Waals surface area (Å²) in [5.41, 5.74) is 7.51. The zero-order valence-corrected chi connectivity index (χ0v) is 11.5. The molecule has 90 valence electrons. The number of benzene rings is 1. The molecule has 0 atom stereocenters. The maximum atomic E-state index is 5.48. The predicted octanol–water partition coefficient (Wildman–Crippen LogP) is 2.83. The van der Waals surface area contributed by atoms with Crippen LogP contribution in [0.2, 0.25) is 0 Å². The summed E-state index contributed by atoms with van der Waals surface area (Å²) in [4.78, 5) is 8.63. The summed E-state index contributed by atoms with van der Waals surface area (Å²) in [6, 6.07) is 9.96. The van der Waals surface area contributed by atoms with Gasteiger partial charge in [0.25, 0.3) is 0 Å². The molecular weight excluding hydrogens is 302 g/mol. The molecule has 17 heavy (non-hydrogen) atoms. The van der Waals surface area contributed by atoms with Gasteiger partial charge in [-0.1, -0.05) is 28.1 Å². The van der Waals surface area contributed by atoms with Crippen molar-refractivity contribution in [3.05, 3.63) is 46.8 Å². The van der Waals surface area contributed by atoms with E-state index in [1.54, 1.807) is 6.20 Å². The summed E-state index contributed by atoms with van der Waals surface area (Å²) >= 11 is 3.41. The predicted molar refractivity (Wildman–Crippen MR) is 75.2 cm³/mol. The van der Waals surface area contributed by atoms with Crippen LogP contribution in [0.5, 0.6) is 0 Å². The first-order valence-electron chi connectivity index (χ1n) is 5.07. The van der Waals surface area contributed by atoms with E-state index in [1.165, 1.54) is 0 Å². The Morgan fingerprint density at radius 3 is 2.47 bits per heavy atom. The van der Waals surface area contributed by atoms with Gasteiger partial charge in [0.15, 0.2) is 0 Å². The molecule has 0 aliphatic heterocycles. The Bertz CT molecular complexity index is 473. The summed E-state index contributed by atoms with van der Waals surface area (Å²) in [5.74, 6) is 0.794. The van der Waals surface area contributed by atoms with E-state index in [9.17, 15) is 0 Å². The molecular formula is C12H13BrClN3. The van der Waals surface area contributed by atoms with Crippen LogP contribution in [0.3, 0.4) is 0 Å². The number of nitrogens with zero attached hydrogens (tertiary/aromatic N) is 2. The van der Waals surface area contributed by atoms with Gasteiger partial charge in [-0.25, -0.2) is 9.97 Å². The summed E-state index contributed by atoms with van der Waals surface area (Å²) in [6.45, 7) is 0.573. The van der Waals surface area contributed by atoms with Gasteiger partial charge >= 0.3 is 0 Å². The van der Waals surface area contributed by atoms with Crippen LogP contribution >= 0.6 is 28.3 Å². The second-order valence-electron chi connectivity index (χ2n) is 3.40. The Kier molecular flexibility index (Phi) is 5.55. The minimum absolute atomic E-state index is 0. The first-order chi connectivity index (χ1) is 7.79. The molecule has 0 unspecified atom stereocenters. The average molecular weight is 315 g/mol. The molecule has 0 saturated carbocycles. The second kappa shape index (κ2) is 6.69. The summed E-state index contributed by atoms with van der Waals surface area (Å²) < 4.78 is 1.06. The van der Waals surface area contributed by atoms with Crippen molar-refractivity contribution < 1.29 is 0 Å². The Hall–Kier alpha value is -0.970. The van der Waals surface area contributed by atoms with Crippen LogP contribution in [0.25, 0.3) is 11.3 Å². The summed E-state index contributed by atoms with van der Waals surface area (Å²) in [5, 5.41) is 0. The minimum Gasteiger partial charge on any atom is -0.330 e. The fraction of sp³-hybridized carbons (Fsp3) is 0.167. The Balaban J connectivity index is 0.00000144. The number of halogens is 2. The molecule has 3 nitrogen and oxygen atoms in total. The van der Waals surface area contributed by atoms with Crippen LogP contribution in [0.1, 0.15) is 5.82 Å². The molecule has 2 N–H and O–H groups in total. The van der Waals surface area contributed by atoms with Gasteiger partial charge in [-0.05, 0) is 24.7 Å². The topological polar surface area (TPSA) is 51.8 Å². The molecule has 0 spiro atoms. The third-order valence-electron chi connectivity index (χ3n) is 2.21. The van der Waals surface area contributed by atoms with Gasteiger partial charge in [0.1, 0.15) is 5.82 Å². The van der Waals surface area contributed by atoms with Crippen LogP contribution in [0.4, 0.5) is 0 Å². The van der Waals surface area contributed by atoms with E-state index in [-0.39, 0.29) is 12.4 Å². The number of hydrogen-bond donors (Lipinski definition) is 1. The van der Waals surface area contributed by atoms with Gasteiger partial charge < -0.3 is 5.73 Å². The van der Waals surface area contributed by atoms with E-state index in [0.717, 1.165) is 21.6 Å². The first-order valence-corrected chi connectivity index (χ1v) is 5.87. The quantitative estimate of drug-likeness (QED) is 0.948. The molecule has 0 aliphatic carbocycles. The molecule has 2 aromatic rings. The van der Waals surface area contributed by atoms with E-state index < -0.39 is 0 Å². The Morgan fingerprint density at radius 2 is 1.82 bits per heavy atom. The lowest BCUT2D eigenvalue weighted by Gasteiger charge is -2.03. The molecule has 5 heteroatoms. The number of aromatic nitrogens is 2. The van der Waals surface area contributed by atoms with Crippen molar-refractivity contribution in [2.24, 2.45) is 5.73 Å². The van der Waals surface area contributed by atoms with Crippen LogP contribution in [-0.2, 0) is 6.42 Å². The zero-order chi connectivity index (χ0) is 11.4. The van der Waals surface area contributed by atoms with E-state index in [4.69, 9.17) is 5.73 Å². The molecule has 2 rings (SSSR count). The average Bonchev–Trinajstić information content (AvgIpc) is 2.31. The molecule has 1 aromatic heterocycles. The van der Waals surface area contributed by atoms with Crippen molar-refractivity contribution in [2.45, 2.75) is 6.42 Å². The molecule has 0 bridgehead atoms. The summed E-state index contributed by atoms with van der Waals surface area (Å²) in [7, 11) is 0. The Morgan fingerprint density at radius 1 is 1.12 bits per heavy atom. The Labute approximate surface area is 115 Å². The highest BCUT2D eigenvalue weighted by molar-refractivity contribution is 9.10. The lowest BCUT2D eigenvalue weighted by atomic mass is 10.1. The fourth-order valence-electron chi connectivity index (χ4n) is 1.43. The zero-order valence-electron chi connectivity index (χ0n) is 9.14. The number of rotatable bonds is 3. The maximum absolute atomic E-state index is 5.48. The smallest absolute Gasteiger partial charge is 0.130 e. The van der Waals surface area contributed by atoms with E-state index in [0.29, 0.717) is 13.0 Å². The fourth-order valence-corrected chi connectivity index (χ4v) is 1.69. The number of hydrogen-bond acceptors (Lipinski definition) is 3. The summed E-state index contributed by atoms with van der Waals surface area (Å²) in [6.07, 6.45) is 2.49. The van der Waals surface area contributed by atoms with Gasteiger partial charge in [0.05, 0.1) is 5.69 Å². The molecule has 1 heterocycles. The van der Waals surface area contributed by atoms with Gasteiger partial charge in [-0.3, -0.25) is 0 Å². The highest BCUT2D eigenvalue weighted by Gasteiger charge is 2.01. The third-order valence-corrected chi connectivity index (χ3v) is 2.74. The van der Waals surface area contributed by atoms with E-state index in [1.807, 2.05) is 30.3 Å². The van der Waals surface area contributed by atoms with Crippen molar-refractivity contribution >= 4 is 28.3 Å². The van der Waals surface area contributed by atoms with Crippen LogP contribution in [-0.4, -0.2) is 16.5 Å². The maximum Gasteiger partial charge on any atom is 0.130 e. The van der Waals surface area contributed by atoms with Crippen molar-refractivity contribution in [3.63, 3.8) is 0 Å². The largest absolute Gasteiger partial charge is 0.330 e. The van der Waals surface area contributed by atoms with E-state index in [2.05, 4.69) is 25.9 Å². The molecule has 0 aliphatic rings. The lowest BCUT2D eigenvalue weighted by molar-refractivity contribution is 0.869. The SMILES string of the molecule is Cl.NCCc1nccc(-c2ccc(Br)cc2)n1. The highest BCUT2D eigenvalue weighted by atomic mass is 79.9. The van der Waals surface area contributed by atoms with Crippen LogP contribution in [0.15, 0.2) is 41.0 Å². The number of nitrogens with two attached hydrogens (primary N) is 1. The van der Waals surface area contributed by atoms with Crippen LogP contribution < -0.4 is 5.73 Å². The lowest BCUT2D eigenvalue weighted by Crippen LogP contribution is -2.06. The molecule has 0 radical (unpaired) electrons. The molecule has 1 aromatic carbocycles. The standard InChI is InChI=1S/C12H12BrN3.ClH/c13-10-3-1-9(2-4-10)11-6-8-15-12(16-11)5-7-14;/h1-4,6,8H,5,7,14H2;1H. The van der Waals surface area contributed by atoms with Crippen molar-refractivity contribution in [2.75, 3.05) is 6.54 Å². The van der Waals surface area contributed by atoms with Crippen molar-refractivity contribution in [3.8, 4) is 11.3 Å². The van der Waals surface area contributed by atoms with Gasteiger partial charge in [-0.2, -0.15) is 0 Å².